The Bertz CT molecular complexity index is 1080. The molecule has 34 heavy (non-hydrogen) atoms. The van der Waals surface area contributed by atoms with Gasteiger partial charge >= 0.3 is 0 Å². The van der Waals surface area contributed by atoms with Gasteiger partial charge in [-0.2, -0.15) is 0 Å². The van der Waals surface area contributed by atoms with E-state index in [0.29, 0.717) is 42.3 Å². The molecule has 0 bridgehead atoms. The molecule has 2 atom stereocenters. The first-order valence-electron chi connectivity index (χ1n) is 11.7. The minimum Gasteiger partial charge on any atom is -0.493 e. The number of benzene rings is 2. The Balaban J connectivity index is 1.57. The van der Waals surface area contributed by atoms with Gasteiger partial charge in [0.25, 0.3) is 5.91 Å². The van der Waals surface area contributed by atoms with Crippen molar-refractivity contribution in [1.82, 2.24) is 4.90 Å². The van der Waals surface area contributed by atoms with Crippen molar-refractivity contribution in [3.05, 3.63) is 53.6 Å². The SMILES string of the molecule is COc1cc2c(cc1OCc1ccccc1)NC(=O)C1CC(O[Si](C)(C)C(C)(C)C)CN1C2=O. The summed E-state index contributed by atoms with van der Waals surface area (Å²) < 4.78 is 18.0. The number of hydrogen-bond donors (Lipinski definition) is 1. The summed E-state index contributed by atoms with van der Waals surface area (Å²) >= 11 is 0. The van der Waals surface area contributed by atoms with Crippen LogP contribution in [0.1, 0.15) is 43.1 Å². The minimum atomic E-state index is -2.03. The van der Waals surface area contributed by atoms with Gasteiger partial charge in [-0.15, -0.1) is 0 Å². The largest absolute Gasteiger partial charge is 0.493 e. The summed E-state index contributed by atoms with van der Waals surface area (Å²) in [6.45, 7) is 11.7. The number of carbonyl (C=O) groups excluding carboxylic acids is 2. The molecular formula is C26H34N2O5Si. The van der Waals surface area contributed by atoms with E-state index < -0.39 is 14.4 Å². The number of hydrogen-bond acceptors (Lipinski definition) is 5. The second-order valence-corrected chi connectivity index (χ2v) is 15.3. The van der Waals surface area contributed by atoms with E-state index in [1.54, 1.807) is 24.1 Å². The third-order valence-electron chi connectivity index (χ3n) is 7.12. The molecule has 0 aromatic heterocycles. The number of rotatable bonds is 6. The second-order valence-electron chi connectivity index (χ2n) is 10.5. The molecule has 1 saturated heterocycles. The number of methoxy groups -OCH3 is 1. The predicted octanol–water partition coefficient (Wildman–Crippen LogP) is 4.83. The summed E-state index contributed by atoms with van der Waals surface area (Å²) in [7, 11) is -0.488. The van der Waals surface area contributed by atoms with Gasteiger partial charge in [-0.3, -0.25) is 9.59 Å². The van der Waals surface area contributed by atoms with Crippen LogP contribution in [-0.4, -0.2) is 50.8 Å². The molecule has 8 heteroatoms. The van der Waals surface area contributed by atoms with Crippen molar-refractivity contribution in [3.63, 3.8) is 0 Å². The molecule has 2 amide bonds. The van der Waals surface area contributed by atoms with Crippen LogP contribution in [0.25, 0.3) is 0 Å². The van der Waals surface area contributed by atoms with Crippen LogP contribution in [0.5, 0.6) is 11.5 Å². The molecule has 2 aromatic carbocycles. The smallest absolute Gasteiger partial charge is 0.256 e. The Morgan fingerprint density at radius 2 is 1.79 bits per heavy atom. The van der Waals surface area contributed by atoms with Gasteiger partial charge < -0.3 is 24.1 Å². The van der Waals surface area contributed by atoms with Crippen molar-refractivity contribution in [2.75, 3.05) is 19.0 Å². The third-order valence-corrected chi connectivity index (χ3v) is 11.7. The summed E-state index contributed by atoms with van der Waals surface area (Å²) in [6, 6.07) is 12.6. The maximum Gasteiger partial charge on any atom is 0.256 e. The van der Waals surface area contributed by atoms with Crippen molar-refractivity contribution in [2.45, 2.75) is 64.1 Å². The Labute approximate surface area is 202 Å². The highest BCUT2D eigenvalue weighted by molar-refractivity contribution is 6.74. The van der Waals surface area contributed by atoms with Gasteiger partial charge in [0.15, 0.2) is 19.8 Å². The lowest BCUT2D eigenvalue weighted by Crippen LogP contribution is -2.44. The number of anilines is 1. The number of amides is 2. The van der Waals surface area contributed by atoms with Crippen molar-refractivity contribution >= 4 is 25.8 Å². The van der Waals surface area contributed by atoms with E-state index in [-0.39, 0.29) is 23.0 Å². The summed E-state index contributed by atoms with van der Waals surface area (Å²) in [5.74, 6) is 0.517. The molecule has 1 fully saturated rings. The zero-order chi connectivity index (χ0) is 24.7. The molecule has 2 aliphatic heterocycles. The second kappa shape index (κ2) is 9.07. The number of nitrogens with one attached hydrogen (secondary N) is 1. The van der Waals surface area contributed by atoms with Crippen LogP contribution in [0.15, 0.2) is 42.5 Å². The molecule has 2 aliphatic rings. The van der Waals surface area contributed by atoms with Crippen LogP contribution in [0, 0.1) is 0 Å². The lowest BCUT2D eigenvalue weighted by Gasteiger charge is -2.38. The van der Waals surface area contributed by atoms with Crippen molar-refractivity contribution in [1.29, 1.82) is 0 Å². The molecule has 2 aromatic rings. The first-order chi connectivity index (χ1) is 16.0. The fourth-order valence-corrected chi connectivity index (χ4v) is 5.53. The van der Waals surface area contributed by atoms with Gasteiger partial charge in [0.05, 0.1) is 24.5 Å². The Morgan fingerprint density at radius 3 is 2.44 bits per heavy atom. The van der Waals surface area contributed by atoms with E-state index in [2.05, 4.69) is 39.2 Å². The summed E-state index contributed by atoms with van der Waals surface area (Å²) in [5, 5.41) is 3.00. The van der Waals surface area contributed by atoms with Crippen LogP contribution in [0.4, 0.5) is 5.69 Å². The highest BCUT2D eigenvalue weighted by Crippen LogP contribution is 2.41. The Morgan fingerprint density at radius 1 is 1.09 bits per heavy atom. The predicted molar refractivity (Wildman–Crippen MR) is 134 cm³/mol. The van der Waals surface area contributed by atoms with Crippen LogP contribution in [-0.2, 0) is 15.8 Å². The van der Waals surface area contributed by atoms with Crippen molar-refractivity contribution in [2.24, 2.45) is 0 Å². The monoisotopic (exact) mass is 482 g/mol. The fourth-order valence-electron chi connectivity index (χ4n) is 4.17. The fraction of sp³-hybridized carbons (Fsp3) is 0.462. The maximum atomic E-state index is 13.5. The van der Waals surface area contributed by atoms with E-state index >= 15 is 0 Å². The Kier molecular flexibility index (Phi) is 6.48. The minimum absolute atomic E-state index is 0.0510. The quantitative estimate of drug-likeness (QED) is 0.597. The highest BCUT2D eigenvalue weighted by Gasteiger charge is 2.47. The molecule has 2 unspecified atom stereocenters. The molecule has 7 nitrogen and oxygen atoms in total. The molecule has 1 N–H and O–H groups in total. The van der Waals surface area contributed by atoms with Crippen molar-refractivity contribution < 1.29 is 23.5 Å². The van der Waals surface area contributed by atoms with Gasteiger partial charge in [0.2, 0.25) is 5.91 Å². The van der Waals surface area contributed by atoms with Gasteiger partial charge in [-0.05, 0) is 29.8 Å². The molecule has 0 saturated carbocycles. The molecule has 0 spiro atoms. The zero-order valence-electron chi connectivity index (χ0n) is 20.8. The topological polar surface area (TPSA) is 77.1 Å². The normalized spacial score (nSPS) is 20.4. The number of nitrogens with zero attached hydrogens (tertiary/aromatic N) is 1. The molecule has 0 radical (unpaired) electrons. The molecule has 2 heterocycles. The van der Waals surface area contributed by atoms with E-state index in [1.807, 2.05) is 30.3 Å². The van der Waals surface area contributed by atoms with E-state index in [0.717, 1.165) is 5.56 Å². The molecule has 4 rings (SSSR count). The summed E-state index contributed by atoms with van der Waals surface area (Å²) in [6.07, 6.45) is 0.338. The standard InChI is InChI=1S/C26H34N2O5Si/c1-26(2,3)34(5,6)33-18-12-21-24(29)27-20-14-23(32-16-17-10-8-7-9-11-17)22(31-4)13-19(20)25(30)28(21)15-18/h7-11,13-14,18,21H,12,15-16H2,1-6H3,(H,27,29). The van der Waals surface area contributed by atoms with E-state index in [4.69, 9.17) is 13.9 Å². The third kappa shape index (κ3) is 4.70. The van der Waals surface area contributed by atoms with Crippen LogP contribution < -0.4 is 14.8 Å². The van der Waals surface area contributed by atoms with Gasteiger partial charge in [-0.1, -0.05) is 51.1 Å². The average molecular weight is 483 g/mol. The first kappa shape index (κ1) is 24.3. The summed E-state index contributed by atoms with van der Waals surface area (Å²) in [4.78, 5) is 28.3. The zero-order valence-corrected chi connectivity index (χ0v) is 21.8. The van der Waals surface area contributed by atoms with Gasteiger partial charge in [-0.25, -0.2) is 0 Å². The molecule has 0 aliphatic carbocycles. The van der Waals surface area contributed by atoms with Crippen LogP contribution in [0.2, 0.25) is 18.1 Å². The first-order valence-corrected chi connectivity index (χ1v) is 14.6. The number of ether oxygens (including phenoxy) is 2. The molecular weight excluding hydrogens is 448 g/mol. The molecule has 182 valence electrons. The van der Waals surface area contributed by atoms with Gasteiger partial charge in [0.1, 0.15) is 12.6 Å². The maximum absolute atomic E-state index is 13.5. The Hall–Kier alpha value is -2.84. The average Bonchev–Trinajstić information content (AvgIpc) is 3.17. The summed E-state index contributed by atoms with van der Waals surface area (Å²) in [5.41, 5.74) is 1.84. The van der Waals surface area contributed by atoms with Crippen LogP contribution >= 0.6 is 0 Å². The number of carbonyl (C=O) groups is 2. The number of fused-ring (bicyclic) bond motifs is 2. The van der Waals surface area contributed by atoms with E-state index in [1.165, 1.54) is 0 Å². The lowest BCUT2D eigenvalue weighted by atomic mass is 10.1. The van der Waals surface area contributed by atoms with Gasteiger partial charge in [0, 0.05) is 19.0 Å². The van der Waals surface area contributed by atoms with Crippen LogP contribution in [0.3, 0.4) is 0 Å². The highest BCUT2D eigenvalue weighted by atomic mass is 28.4. The van der Waals surface area contributed by atoms with E-state index in [9.17, 15) is 9.59 Å². The van der Waals surface area contributed by atoms with Crippen molar-refractivity contribution in [3.8, 4) is 11.5 Å². The lowest BCUT2D eigenvalue weighted by molar-refractivity contribution is -0.119.